The van der Waals surface area contributed by atoms with E-state index in [4.69, 9.17) is 9.47 Å². The number of morpholine rings is 1. The number of anilines is 1. The summed E-state index contributed by atoms with van der Waals surface area (Å²) in [6, 6.07) is 14.4. The lowest BCUT2D eigenvalue weighted by Gasteiger charge is -2.29. The summed E-state index contributed by atoms with van der Waals surface area (Å²) in [5.74, 6) is 0.838. The van der Waals surface area contributed by atoms with Crippen LogP contribution in [0.25, 0.3) is 0 Å². The van der Waals surface area contributed by atoms with E-state index >= 15 is 0 Å². The van der Waals surface area contributed by atoms with Crippen LogP contribution in [0.3, 0.4) is 0 Å². The van der Waals surface area contributed by atoms with E-state index in [1.165, 1.54) is 5.56 Å². The molecule has 0 aromatic heterocycles. The Labute approximate surface area is 137 Å². The minimum atomic E-state index is 0.777. The first-order chi connectivity index (χ1) is 11.3. The summed E-state index contributed by atoms with van der Waals surface area (Å²) in [5.41, 5.74) is 4.31. The Balaban J connectivity index is 1.80. The highest BCUT2D eigenvalue weighted by Gasteiger charge is 2.13. The van der Waals surface area contributed by atoms with Crippen LogP contribution in [-0.2, 0) is 4.74 Å². The Bertz CT molecular complexity index is 674. The van der Waals surface area contributed by atoms with Crippen molar-refractivity contribution in [2.75, 3.05) is 38.3 Å². The number of benzene rings is 2. The highest BCUT2D eigenvalue weighted by atomic mass is 16.5. The zero-order valence-electron chi connectivity index (χ0n) is 13.7. The van der Waals surface area contributed by atoms with Crippen LogP contribution in [0.4, 0.5) is 11.4 Å². The molecule has 0 spiro atoms. The van der Waals surface area contributed by atoms with E-state index in [9.17, 15) is 0 Å². The summed E-state index contributed by atoms with van der Waals surface area (Å²) >= 11 is 0. The largest absolute Gasteiger partial charge is 0.496 e. The van der Waals surface area contributed by atoms with Crippen molar-refractivity contribution in [1.29, 1.82) is 0 Å². The SMILES string of the molecule is COc1cc(N2CCOCC2)ccc1C=Nc1ccc(C)cc1. The first-order valence-corrected chi connectivity index (χ1v) is 7.88. The quantitative estimate of drug-likeness (QED) is 0.809. The monoisotopic (exact) mass is 310 g/mol. The number of aryl methyl sites for hydroxylation is 1. The molecule has 120 valence electrons. The van der Waals surface area contributed by atoms with E-state index in [0.717, 1.165) is 49.0 Å². The van der Waals surface area contributed by atoms with Crippen LogP contribution in [0.5, 0.6) is 5.75 Å². The second kappa shape index (κ2) is 7.29. The normalized spacial score (nSPS) is 15.1. The molecule has 1 fully saturated rings. The predicted octanol–water partition coefficient (Wildman–Crippen LogP) is 3.59. The zero-order valence-corrected chi connectivity index (χ0v) is 13.7. The standard InChI is InChI=1S/C19H22N2O2/c1-15-3-6-17(7-4-15)20-14-16-5-8-18(13-19(16)22-2)21-9-11-23-12-10-21/h3-8,13-14H,9-12H2,1-2H3. The van der Waals surface area contributed by atoms with Gasteiger partial charge >= 0.3 is 0 Å². The van der Waals surface area contributed by atoms with Gasteiger partial charge in [0, 0.05) is 36.6 Å². The highest BCUT2D eigenvalue weighted by molar-refractivity contribution is 5.86. The van der Waals surface area contributed by atoms with Gasteiger partial charge in [0.05, 0.1) is 26.0 Å². The molecule has 1 saturated heterocycles. The molecule has 1 heterocycles. The van der Waals surface area contributed by atoms with Crippen molar-refractivity contribution in [2.24, 2.45) is 4.99 Å². The number of nitrogens with zero attached hydrogens (tertiary/aromatic N) is 2. The van der Waals surface area contributed by atoms with E-state index < -0.39 is 0 Å². The summed E-state index contributed by atoms with van der Waals surface area (Å²) in [6.07, 6.45) is 1.85. The van der Waals surface area contributed by atoms with Crippen molar-refractivity contribution in [1.82, 2.24) is 0 Å². The van der Waals surface area contributed by atoms with Gasteiger partial charge in [0.15, 0.2) is 0 Å². The molecule has 3 rings (SSSR count). The average Bonchev–Trinajstić information content (AvgIpc) is 2.62. The summed E-state index contributed by atoms with van der Waals surface area (Å²) in [5, 5.41) is 0. The minimum Gasteiger partial charge on any atom is -0.496 e. The Morgan fingerprint density at radius 1 is 1.09 bits per heavy atom. The minimum absolute atomic E-state index is 0.777. The Morgan fingerprint density at radius 3 is 2.52 bits per heavy atom. The third kappa shape index (κ3) is 3.90. The molecule has 0 unspecified atom stereocenters. The van der Waals surface area contributed by atoms with E-state index in [2.05, 4.69) is 47.1 Å². The Morgan fingerprint density at radius 2 is 1.83 bits per heavy atom. The number of methoxy groups -OCH3 is 1. The van der Waals surface area contributed by atoms with Crippen LogP contribution in [0.15, 0.2) is 47.5 Å². The first-order valence-electron chi connectivity index (χ1n) is 7.88. The fourth-order valence-corrected chi connectivity index (χ4v) is 2.60. The second-order valence-electron chi connectivity index (χ2n) is 5.62. The van der Waals surface area contributed by atoms with Crippen molar-refractivity contribution in [3.63, 3.8) is 0 Å². The number of hydrogen-bond acceptors (Lipinski definition) is 4. The van der Waals surface area contributed by atoms with Crippen LogP contribution >= 0.6 is 0 Å². The lowest BCUT2D eigenvalue weighted by atomic mass is 10.1. The molecule has 0 radical (unpaired) electrons. The van der Waals surface area contributed by atoms with Gasteiger partial charge < -0.3 is 14.4 Å². The fourth-order valence-electron chi connectivity index (χ4n) is 2.60. The van der Waals surface area contributed by atoms with Crippen molar-refractivity contribution in [2.45, 2.75) is 6.92 Å². The lowest BCUT2D eigenvalue weighted by Crippen LogP contribution is -2.36. The topological polar surface area (TPSA) is 34.1 Å². The van der Waals surface area contributed by atoms with E-state index in [1.807, 2.05) is 18.3 Å². The second-order valence-corrected chi connectivity index (χ2v) is 5.62. The van der Waals surface area contributed by atoms with Crippen LogP contribution in [-0.4, -0.2) is 39.6 Å². The Kier molecular flexibility index (Phi) is 4.93. The van der Waals surface area contributed by atoms with Crippen LogP contribution < -0.4 is 9.64 Å². The van der Waals surface area contributed by atoms with Gasteiger partial charge in [-0.3, -0.25) is 4.99 Å². The molecule has 0 amide bonds. The molecular weight excluding hydrogens is 288 g/mol. The van der Waals surface area contributed by atoms with Crippen molar-refractivity contribution >= 4 is 17.6 Å². The molecule has 4 heteroatoms. The molecule has 0 saturated carbocycles. The molecular formula is C19H22N2O2. The van der Waals surface area contributed by atoms with Crippen molar-refractivity contribution in [3.8, 4) is 5.75 Å². The van der Waals surface area contributed by atoms with Gasteiger partial charge in [-0.05, 0) is 31.2 Å². The molecule has 23 heavy (non-hydrogen) atoms. The van der Waals surface area contributed by atoms with Crippen LogP contribution in [0.2, 0.25) is 0 Å². The molecule has 2 aromatic carbocycles. The van der Waals surface area contributed by atoms with E-state index in [-0.39, 0.29) is 0 Å². The third-order valence-electron chi connectivity index (χ3n) is 3.98. The number of hydrogen-bond donors (Lipinski definition) is 0. The van der Waals surface area contributed by atoms with E-state index in [0.29, 0.717) is 0 Å². The summed E-state index contributed by atoms with van der Waals surface area (Å²) in [4.78, 5) is 6.84. The first kappa shape index (κ1) is 15.6. The highest BCUT2D eigenvalue weighted by Crippen LogP contribution is 2.26. The van der Waals surface area contributed by atoms with Gasteiger partial charge in [-0.25, -0.2) is 0 Å². The summed E-state index contributed by atoms with van der Waals surface area (Å²) in [7, 11) is 1.70. The Hall–Kier alpha value is -2.33. The van der Waals surface area contributed by atoms with Gasteiger partial charge in [-0.1, -0.05) is 17.7 Å². The molecule has 2 aromatic rings. The third-order valence-corrected chi connectivity index (χ3v) is 3.98. The molecule has 1 aliphatic heterocycles. The maximum absolute atomic E-state index is 5.54. The maximum Gasteiger partial charge on any atom is 0.129 e. The molecule has 0 bridgehead atoms. The molecule has 1 aliphatic rings. The van der Waals surface area contributed by atoms with Gasteiger partial charge in [-0.2, -0.15) is 0 Å². The van der Waals surface area contributed by atoms with Gasteiger partial charge in [0.25, 0.3) is 0 Å². The average molecular weight is 310 g/mol. The number of ether oxygens (including phenoxy) is 2. The van der Waals surface area contributed by atoms with Gasteiger partial charge in [0.1, 0.15) is 5.75 Å². The van der Waals surface area contributed by atoms with Gasteiger partial charge in [-0.15, -0.1) is 0 Å². The molecule has 4 nitrogen and oxygen atoms in total. The van der Waals surface area contributed by atoms with Crippen molar-refractivity contribution in [3.05, 3.63) is 53.6 Å². The predicted molar refractivity (Wildman–Crippen MR) is 94.5 cm³/mol. The number of aliphatic imine (C=N–C) groups is 1. The zero-order chi connectivity index (χ0) is 16.1. The summed E-state index contributed by atoms with van der Waals surface area (Å²) < 4.78 is 10.9. The van der Waals surface area contributed by atoms with Crippen LogP contribution in [0.1, 0.15) is 11.1 Å². The fraction of sp³-hybridized carbons (Fsp3) is 0.316. The van der Waals surface area contributed by atoms with Crippen LogP contribution in [0, 0.1) is 6.92 Å². The number of rotatable bonds is 4. The smallest absolute Gasteiger partial charge is 0.129 e. The summed E-state index contributed by atoms with van der Waals surface area (Å²) in [6.45, 7) is 5.46. The molecule has 0 atom stereocenters. The van der Waals surface area contributed by atoms with Gasteiger partial charge in [0.2, 0.25) is 0 Å². The maximum atomic E-state index is 5.54. The molecule has 0 aliphatic carbocycles. The van der Waals surface area contributed by atoms with Crippen molar-refractivity contribution < 1.29 is 9.47 Å². The lowest BCUT2D eigenvalue weighted by molar-refractivity contribution is 0.122. The molecule has 0 N–H and O–H groups in total. The van der Waals surface area contributed by atoms with E-state index in [1.54, 1.807) is 7.11 Å².